The van der Waals surface area contributed by atoms with Crippen molar-refractivity contribution in [2.45, 2.75) is 49.8 Å². The highest BCUT2D eigenvalue weighted by Crippen LogP contribution is 2.39. The van der Waals surface area contributed by atoms with Crippen molar-refractivity contribution in [3.05, 3.63) is 29.8 Å². The van der Waals surface area contributed by atoms with Crippen LogP contribution < -0.4 is 10.1 Å². The van der Waals surface area contributed by atoms with Gasteiger partial charge in [-0.05, 0) is 31.7 Å². The summed E-state index contributed by atoms with van der Waals surface area (Å²) < 4.78 is 11.4. The molecule has 1 aromatic carbocycles. The number of carbonyl (C=O) groups excluding carboxylic acids is 1. The molecule has 0 unspecified atom stereocenters. The van der Waals surface area contributed by atoms with Crippen LogP contribution in [0.25, 0.3) is 0 Å². The molecule has 1 aromatic rings. The van der Waals surface area contributed by atoms with Crippen molar-refractivity contribution in [2.24, 2.45) is 5.92 Å². The van der Waals surface area contributed by atoms with E-state index < -0.39 is 13.1 Å². The van der Waals surface area contributed by atoms with E-state index in [9.17, 15) is 14.8 Å². The van der Waals surface area contributed by atoms with Gasteiger partial charge in [-0.2, -0.15) is 0 Å². The van der Waals surface area contributed by atoms with Crippen LogP contribution in [0.4, 0.5) is 0 Å². The highest BCUT2D eigenvalue weighted by Gasteiger charge is 2.45. The molecule has 0 radical (unpaired) electrons. The summed E-state index contributed by atoms with van der Waals surface area (Å²) in [5, 5.41) is 22.3. The van der Waals surface area contributed by atoms with Gasteiger partial charge < -0.3 is 24.8 Å². The van der Waals surface area contributed by atoms with E-state index in [-0.39, 0.29) is 30.0 Å². The van der Waals surface area contributed by atoms with Crippen LogP contribution in [0.15, 0.2) is 24.3 Å². The SMILES string of the molecule is O=C(N[C@H](C[C@@H]1COc2ccccc21)B(O)O)[C@H]1C[C@H]2CC[C@@H]1O2. The maximum absolute atomic E-state index is 12.5. The molecular weight excluding hydrogens is 309 g/mol. The van der Waals surface area contributed by atoms with E-state index >= 15 is 0 Å². The average Bonchev–Trinajstić information content (AvgIpc) is 3.29. The van der Waals surface area contributed by atoms with Crippen LogP contribution in [0.5, 0.6) is 5.75 Å². The predicted molar refractivity (Wildman–Crippen MR) is 87.4 cm³/mol. The largest absolute Gasteiger partial charge is 0.493 e. The third kappa shape index (κ3) is 2.92. The molecule has 3 N–H and O–H groups in total. The summed E-state index contributed by atoms with van der Waals surface area (Å²) in [6.45, 7) is 0.496. The number of amides is 1. The highest BCUT2D eigenvalue weighted by molar-refractivity contribution is 6.43. The monoisotopic (exact) mass is 331 g/mol. The molecule has 128 valence electrons. The summed E-state index contributed by atoms with van der Waals surface area (Å²) in [4.78, 5) is 12.5. The van der Waals surface area contributed by atoms with Gasteiger partial charge in [0.05, 0.1) is 30.7 Å². The van der Waals surface area contributed by atoms with Gasteiger partial charge in [0.15, 0.2) is 0 Å². The minimum atomic E-state index is -1.60. The van der Waals surface area contributed by atoms with Gasteiger partial charge in [0, 0.05) is 11.5 Å². The van der Waals surface area contributed by atoms with Crippen LogP contribution in [-0.2, 0) is 9.53 Å². The summed E-state index contributed by atoms with van der Waals surface area (Å²) in [7, 11) is -1.60. The van der Waals surface area contributed by atoms with Gasteiger partial charge in [0.1, 0.15) is 5.75 Å². The quantitative estimate of drug-likeness (QED) is 0.689. The topological polar surface area (TPSA) is 88.0 Å². The first-order chi connectivity index (χ1) is 11.6. The lowest BCUT2D eigenvalue weighted by molar-refractivity contribution is -0.127. The Morgan fingerprint density at radius 1 is 1.33 bits per heavy atom. The molecule has 3 heterocycles. The zero-order valence-electron chi connectivity index (χ0n) is 13.4. The van der Waals surface area contributed by atoms with Crippen LogP contribution in [-0.4, -0.2) is 47.8 Å². The van der Waals surface area contributed by atoms with Crippen molar-refractivity contribution in [1.29, 1.82) is 0 Å². The Morgan fingerprint density at radius 2 is 2.17 bits per heavy atom. The predicted octanol–water partition coefficient (Wildman–Crippen LogP) is 0.617. The molecule has 0 aliphatic carbocycles. The van der Waals surface area contributed by atoms with Gasteiger partial charge in [0.25, 0.3) is 0 Å². The third-order valence-electron chi connectivity index (χ3n) is 5.47. The Hall–Kier alpha value is -1.57. The fraction of sp³-hybridized carbons (Fsp3) is 0.588. The Morgan fingerprint density at radius 3 is 2.88 bits per heavy atom. The second-order valence-electron chi connectivity index (χ2n) is 7.03. The second kappa shape index (κ2) is 6.39. The Labute approximate surface area is 141 Å². The average molecular weight is 331 g/mol. The molecule has 2 fully saturated rings. The number of hydrogen-bond acceptors (Lipinski definition) is 5. The van der Waals surface area contributed by atoms with Crippen LogP contribution in [0.3, 0.4) is 0 Å². The van der Waals surface area contributed by atoms with E-state index in [1.54, 1.807) is 0 Å². The lowest BCUT2D eigenvalue weighted by atomic mass is 9.73. The molecule has 1 amide bonds. The van der Waals surface area contributed by atoms with Crippen molar-refractivity contribution in [1.82, 2.24) is 5.32 Å². The van der Waals surface area contributed by atoms with Crippen LogP contribution in [0, 0.1) is 5.92 Å². The molecule has 3 aliphatic rings. The van der Waals surface area contributed by atoms with E-state index in [4.69, 9.17) is 9.47 Å². The highest BCUT2D eigenvalue weighted by atomic mass is 16.5. The zero-order chi connectivity index (χ0) is 16.7. The molecule has 24 heavy (non-hydrogen) atoms. The van der Waals surface area contributed by atoms with Gasteiger partial charge in [-0.25, -0.2) is 0 Å². The maximum atomic E-state index is 12.5. The van der Waals surface area contributed by atoms with Gasteiger partial charge >= 0.3 is 7.12 Å². The lowest BCUT2D eigenvalue weighted by Gasteiger charge is -2.24. The van der Waals surface area contributed by atoms with Crippen molar-refractivity contribution in [3.63, 3.8) is 0 Å². The van der Waals surface area contributed by atoms with Crippen molar-refractivity contribution in [3.8, 4) is 5.75 Å². The fourth-order valence-corrected chi connectivity index (χ4v) is 4.19. The number of nitrogens with one attached hydrogen (secondary N) is 1. The number of rotatable bonds is 5. The molecule has 0 aromatic heterocycles. The Kier molecular flexibility index (Phi) is 4.24. The van der Waals surface area contributed by atoms with Gasteiger partial charge in [-0.3, -0.25) is 4.79 Å². The van der Waals surface area contributed by atoms with Crippen LogP contribution in [0.1, 0.15) is 37.2 Å². The van der Waals surface area contributed by atoms with E-state index in [2.05, 4.69) is 5.32 Å². The molecule has 2 bridgehead atoms. The standard InChI is InChI=1S/C17H22BNO5/c20-17(13-8-11-5-6-15(13)24-11)19-16(18(21)22)7-10-9-23-14-4-2-1-3-12(10)14/h1-4,10-11,13,15-16,21-22H,5-9H2,(H,19,20)/t10-,11-,13+,15+,16-/m1/s1. The molecule has 0 spiro atoms. The molecule has 3 aliphatic heterocycles. The van der Waals surface area contributed by atoms with Gasteiger partial charge in [-0.1, -0.05) is 18.2 Å². The van der Waals surface area contributed by atoms with Gasteiger partial charge in [0.2, 0.25) is 5.91 Å². The first-order valence-corrected chi connectivity index (χ1v) is 8.65. The summed E-state index contributed by atoms with van der Waals surface area (Å²) in [6, 6.07) is 7.75. The first kappa shape index (κ1) is 15.9. The molecule has 2 saturated heterocycles. The molecule has 6 nitrogen and oxygen atoms in total. The number of carbonyl (C=O) groups is 1. The van der Waals surface area contributed by atoms with E-state index in [0.717, 1.165) is 30.6 Å². The molecule has 0 saturated carbocycles. The molecule has 4 rings (SSSR count). The minimum absolute atomic E-state index is 0.0120. The molecular formula is C17H22BNO5. The van der Waals surface area contributed by atoms with Crippen LogP contribution >= 0.6 is 0 Å². The van der Waals surface area contributed by atoms with Gasteiger partial charge in [-0.15, -0.1) is 0 Å². The summed E-state index contributed by atoms with van der Waals surface area (Å²) in [5.41, 5.74) is 1.06. The molecule has 5 atom stereocenters. The Balaban J connectivity index is 1.41. The summed E-state index contributed by atoms with van der Waals surface area (Å²) >= 11 is 0. The first-order valence-electron chi connectivity index (χ1n) is 8.65. The third-order valence-corrected chi connectivity index (χ3v) is 5.47. The normalized spacial score (nSPS) is 31.4. The molecule has 7 heteroatoms. The maximum Gasteiger partial charge on any atom is 0.475 e. The number of para-hydroxylation sites is 1. The minimum Gasteiger partial charge on any atom is -0.493 e. The lowest BCUT2D eigenvalue weighted by Crippen LogP contribution is -2.50. The number of fused-ring (bicyclic) bond motifs is 3. The van der Waals surface area contributed by atoms with Crippen molar-refractivity contribution < 1.29 is 24.3 Å². The van der Waals surface area contributed by atoms with Crippen LogP contribution in [0.2, 0.25) is 0 Å². The fourth-order valence-electron chi connectivity index (χ4n) is 4.19. The summed E-state index contributed by atoms with van der Waals surface area (Å²) in [6.07, 6.45) is 3.29. The van der Waals surface area contributed by atoms with Crippen molar-refractivity contribution >= 4 is 13.0 Å². The van der Waals surface area contributed by atoms with Crippen molar-refractivity contribution in [2.75, 3.05) is 6.61 Å². The smallest absolute Gasteiger partial charge is 0.475 e. The van der Waals surface area contributed by atoms with E-state index in [0.29, 0.717) is 13.0 Å². The number of ether oxygens (including phenoxy) is 2. The Bertz CT molecular complexity index is 625. The number of hydrogen-bond donors (Lipinski definition) is 3. The second-order valence-corrected chi connectivity index (χ2v) is 7.03. The van der Waals surface area contributed by atoms with E-state index in [1.807, 2.05) is 24.3 Å². The number of benzene rings is 1. The summed E-state index contributed by atoms with van der Waals surface area (Å²) in [5.74, 6) is -0.132. The zero-order valence-corrected chi connectivity index (χ0v) is 13.4. The van der Waals surface area contributed by atoms with E-state index in [1.165, 1.54) is 0 Å².